The summed E-state index contributed by atoms with van der Waals surface area (Å²) in [4.78, 5) is 0. The molecule has 1 aromatic carbocycles. The average Bonchev–Trinajstić information content (AvgIpc) is 3.01. The Bertz CT molecular complexity index is 327. The zero-order valence-electron chi connectivity index (χ0n) is 8.66. The van der Waals surface area contributed by atoms with Crippen LogP contribution in [0.1, 0.15) is 25.3 Å². The van der Waals surface area contributed by atoms with Gasteiger partial charge in [0.15, 0.2) is 0 Å². The Morgan fingerprint density at radius 3 is 2.71 bits per heavy atom. The molecule has 0 radical (unpaired) electrons. The Hall–Kier alpha value is -1.02. The highest BCUT2D eigenvalue weighted by Crippen LogP contribution is 2.45. The van der Waals surface area contributed by atoms with Crippen LogP contribution in [-0.4, -0.2) is 12.2 Å². The quantitative estimate of drug-likeness (QED) is 0.796. The molecule has 1 fully saturated rings. The molecule has 1 N–H and O–H groups in total. The predicted molar refractivity (Wildman–Crippen MR) is 55.3 cm³/mol. The molecule has 0 aromatic heterocycles. The van der Waals surface area contributed by atoms with E-state index in [9.17, 15) is 5.11 Å². The third-order valence-corrected chi connectivity index (χ3v) is 3.03. The number of hydrogen-bond donors (Lipinski definition) is 1. The molecule has 0 aliphatic heterocycles. The molecule has 1 aromatic rings. The minimum atomic E-state index is -0.686. The maximum Gasteiger partial charge on any atom is 0.119 e. The van der Waals surface area contributed by atoms with Crippen LogP contribution < -0.4 is 4.74 Å². The van der Waals surface area contributed by atoms with Crippen LogP contribution in [0.3, 0.4) is 0 Å². The van der Waals surface area contributed by atoms with Gasteiger partial charge >= 0.3 is 0 Å². The Kier molecular flexibility index (Phi) is 2.23. The van der Waals surface area contributed by atoms with Gasteiger partial charge in [0.05, 0.1) is 12.7 Å². The normalized spacial score (nSPS) is 20.2. The number of hydrogen-bond acceptors (Lipinski definition) is 2. The van der Waals surface area contributed by atoms with Crippen molar-refractivity contribution in [3.8, 4) is 5.75 Å². The lowest BCUT2D eigenvalue weighted by molar-refractivity contribution is 0.0329. The highest BCUT2D eigenvalue weighted by Gasteiger charge is 2.41. The van der Waals surface area contributed by atoms with Gasteiger partial charge in [-0.2, -0.15) is 0 Å². The molecule has 0 amide bonds. The van der Waals surface area contributed by atoms with Crippen LogP contribution in [0.2, 0.25) is 0 Å². The first-order valence-electron chi connectivity index (χ1n) is 5.01. The van der Waals surface area contributed by atoms with E-state index in [1.54, 1.807) is 7.11 Å². The molecule has 2 rings (SSSR count). The van der Waals surface area contributed by atoms with Crippen LogP contribution in [0.5, 0.6) is 5.75 Å². The fourth-order valence-corrected chi connectivity index (χ4v) is 1.82. The van der Waals surface area contributed by atoms with Crippen molar-refractivity contribution in [3.63, 3.8) is 0 Å². The lowest BCUT2D eigenvalue weighted by atomic mass is 9.91. The van der Waals surface area contributed by atoms with E-state index in [2.05, 4.69) is 0 Å². The van der Waals surface area contributed by atoms with Crippen molar-refractivity contribution >= 4 is 0 Å². The minimum Gasteiger partial charge on any atom is -0.497 e. The summed E-state index contributed by atoms with van der Waals surface area (Å²) in [6.07, 6.45) is 2.26. The van der Waals surface area contributed by atoms with E-state index in [4.69, 9.17) is 4.74 Å². The highest BCUT2D eigenvalue weighted by molar-refractivity contribution is 5.33. The maximum absolute atomic E-state index is 10.3. The Balaban J connectivity index is 2.30. The zero-order valence-corrected chi connectivity index (χ0v) is 8.66. The van der Waals surface area contributed by atoms with Crippen molar-refractivity contribution < 1.29 is 9.84 Å². The third kappa shape index (κ3) is 1.62. The van der Waals surface area contributed by atoms with E-state index >= 15 is 0 Å². The van der Waals surface area contributed by atoms with Crippen molar-refractivity contribution in [1.29, 1.82) is 0 Å². The number of benzene rings is 1. The van der Waals surface area contributed by atoms with Gasteiger partial charge in [-0.3, -0.25) is 0 Å². The van der Waals surface area contributed by atoms with E-state index in [0.29, 0.717) is 5.92 Å². The smallest absolute Gasteiger partial charge is 0.119 e. The van der Waals surface area contributed by atoms with Gasteiger partial charge in [-0.25, -0.2) is 0 Å². The molecule has 1 atom stereocenters. The number of ether oxygens (including phenoxy) is 1. The van der Waals surface area contributed by atoms with Crippen molar-refractivity contribution in [2.45, 2.75) is 25.4 Å². The lowest BCUT2D eigenvalue weighted by Crippen LogP contribution is -2.23. The van der Waals surface area contributed by atoms with Gasteiger partial charge in [-0.1, -0.05) is 12.1 Å². The summed E-state index contributed by atoms with van der Waals surface area (Å²) >= 11 is 0. The topological polar surface area (TPSA) is 29.5 Å². The van der Waals surface area contributed by atoms with Gasteiger partial charge < -0.3 is 9.84 Å². The summed E-state index contributed by atoms with van der Waals surface area (Å²) in [6, 6.07) is 7.69. The van der Waals surface area contributed by atoms with E-state index in [-0.39, 0.29) is 0 Å². The summed E-state index contributed by atoms with van der Waals surface area (Å²) < 4.78 is 5.14. The molecule has 2 nitrogen and oxygen atoms in total. The summed E-state index contributed by atoms with van der Waals surface area (Å²) in [6.45, 7) is 1.89. The molecule has 0 heterocycles. The van der Waals surface area contributed by atoms with Gasteiger partial charge in [0.25, 0.3) is 0 Å². The zero-order chi connectivity index (χ0) is 10.2. The molecule has 14 heavy (non-hydrogen) atoms. The molecule has 0 unspecified atom stereocenters. The van der Waals surface area contributed by atoms with E-state index < -0.39 is 5.60 Å². The van der Waals surface area contributed by atoms with Crippen LogP contribution >= 0.6 is 0 Å². The second-order valence-corrected chi connectivity index (χ2v) is 4.15. The van der Waals surface area contributed by atoms with Gasteiger partial charge in [-0.05, 0) is 43.4 Å². The molecule has 76 valence electrons. The monoisotopic (exact) mass is 192 g/mol. The van der Waals surface area contributed by atoms with Gasteiger partial charge in [0, 0.05) is 0 Å². The number of methoxy groups -OCH3 is 1. The molecule has 2 heteroatoms. The average molecular weight is 192 g/mol. The van der Waals surface area contributed by atoms with Crippen LogP contribution in [-0.2, 0) is 5.60 Å². The van der Waals surface area contributed by atoms with Crippen LogP contribution in [0.25, 0.3) is 0 Å². The molecular formula is C12H16O2. The van der Waals surface area contributed by atoms with E-state index in [0.717, 1.165) is 24.2 Å². The predicted octanol–water partition coefficient (Wildman–Crippen LogP) is 2.31. The van der Waals surface area contributed by atoms with Crippen LogP contribution in [0, 0.1) is 5.92 Å². The standard InChI is InChI=1S/C12H16O2/c1-12(13,9-6-7-9)10-4-3-5-11(8-10)14-2/h3-5,8-9,13H,6-7H2,1-2H3/t12-/m0/s1. The van der Waals surface area contributed by atoms with Crippen molar-refractivity contribution in [3.05, 3.63) is 29.8 Å². The molecule has 1 aliphatic rings. The summed E-state index contributed by atoms with van der Waals surface area (Å²) in [5, 5.41) is 10.3. The van der Waals surface area contributed by atoms with Gasteiger partial charge in [0.2, 0.25) is 0 Å². The Labute approximate surface area is 84.5 Å². The van der Waals surface area contributed by atoms with Crippen molar-refractivity contribution in [2.75, 3.05) is 7.11 Å². The summed E-state index contributed by atoms with van der Waals surface area (Å²) in [5.41, 5.74) is 0.272. The van der Waals surface area contributed by atoms with Crippen LogP contribution in [0.4, 0.5) is 0 Å². The SMILES string of the molecule is COc1cccc([C@@](C)(O)C2CC2)c1. The second kappa shape index (κ2) is 3.28. The van der Waals surface area contributed by atoms with Gasteiger partial charge in [0.1, 0.15) is 5.75 Å². The fourth-order valence-electron chi connectivity index (χ4n) is 1.82. The molecule has 0 spiro atoms. The highest BCUT2D eigenvalue weighted by atomic mass is 16.5. The molecule has 0 saturated heterocycles. The molecule has 1 saturated carbocycles. The third-order valence-electron chi connectivity index (χ3n) is 3.03. The lowest BCUT2D eigenvalue weighted by Gasteiger charge is -2.23. The first-order valence-corrected chi connectivity index (χ1v) is 5.01. The summed E-state index contributed by atoms with van der Waals surface area (Å²) in [5.74, 6) is 1.23. The first-order chi connectivity index (χ1) is 6.64. The number of rotatable bonds is 3. The van der Waals surface area contributed by atoms with E-state index in [1.165, 1.54) is 0 Å². The van der Waals surface area contributed by atoms with Crippen molar-refractivity contribution in [2.24, 2.45) is 5.92 Å². The number of aliphatic hydroxyl groups is 1. The Morgan fingerprint density at radius 2 is 2.14 bits per heavy atom. The molecule has 1 aliphatic carbocycles. The summed E-state index contributed by atoms with van der Waals surface area (Å²) in [7, 11) is 1.64. The molecular weight excluding hydrogens is 176 g/mol. The van der Waals surface area contributed by atoms with Gasteiger partial charge in [-0.15, -0.1) is 0 Å². The first kappa shape index (κ1) is 9.53. The van der Waals surface area contributed by atoms with Crippen molar-refractivity contribution in [1.82, 2.24) is 0 Å². The second-order valence-electron chi connectivity index (χ2n) is 4.15. The Morgan fingerprint density at radius 1 is 1.43 bits per heavy atom. The fraction of sp³-hybridized carbons (Fsp3) is 0.500. The van der Waals surface area contributed by atoms with Crippen LogP contribution in [0.15, 0.2) is 24.3 Å². The largest absolute Gasteiger partial charge is 0.497 e. The van der Waals surface area contributed by atoms with E-state index in [1.807, 2.05) is 31.2 Å². The minimum absolute atomic E-state index is 0.426. The molecule has 0 bridgehead atoms. The maximum atomic E-state index is 10.3.